The van der Waals surface area contributed by atoms with Gasteiger partial charge in [0, 0.05) is 21.9 Å². The molecule has 0 aliphatic rings. The van der Waals surface area contributed by atoms with Gasteiger partial charge in [-0.3, -0.25) is 14.2 Å². The molecular weight excluding hydrogens is 506 g/mol. The van der Waals surface area contributed by atoms with Gasteiger partial charge in [0.15, 0.2) is 11.0 Å². The third-order valence-electron chi connectivity index (χ3n) is 5.31. The summed E-state index contributed by atoms with van der Waals surface area (Å²) in [6, 6.07) is 0.0870. The van der Waals surface area contributed by atoms with Crippen molar-refractivity contribution in [2.75, 3.05) is 17.7 Å². The first-order valence-electron chi connectivity index (χ1n) is 11.2. The number of nitrogens with one attached hydrogen (secondary N) is 1. The average Bonchev–Trinajstić information content (AvgIpc) is 3.46. The molecular formula is C23H29N5O4S3. The fourth-order valence-corrected chi connectivity index (χ4v) is 6.58. The molecule has 12 heteroatoms. The Balaban J connectivity index is 1.82. The van der Waals surface area contributed by atoms with E-state index < -0.39 is 11.9 Å². The van der Waals surface area contributed by atoms with Crippen molar-refractivity contribution in [3.8, 4) is 11.4 Å². The molecule has 3 heterocycles. The highest BCUT2D eigenvalue weighted by Crippen LogP contribution is 2.36. The first-order chi connectivity index (χ1) is 16.6. The van der Waals surface area contributed by atoms with Gasteiger partial charge >= 0.3 is 5.97 Å². The van der Waals surface area contributed by atoms with E-state index in [9.17, 15) is 14.4 Å². The van der Waals surface area contributed by atoms with Crippen LogP contribution in [0, 0.1) is 13.8 Å². The monoisotopic (exact) mass is 535 g/mol. The van der Waals surface area contributed by atoms with E-state index in [1.165, 1.54) is 22.2 Å². The van der Waals surface area contributed by atoms with Crippen LogP contribution in [0.15, 0.2) is 10.5 Å². The summed E-state index contributed by atoms with van der Waals surface area (Å²) in [4.78, 5) is 38.5. The van der Waals surface area contributed by atoms with Gasteiger partial charge in [-0.15, -0.1) is 32.9 Å². The lowest BCUT2D eigenvalue weighted by Gasteiger charge is -2.14. The molecule has 3 rings (SSSR count). The van der Waals surface area contributed by atoms with Crippen molar-refractivity contribution < 1.29 is 19.1 Å². The summed E-state index contributed by atoms with van der Waals surface area (Å²) in [5, 5.41) is 14.5. The van der Waals surface area contributed by atoms with Crippen molar-refractivity contribution in [1.29, 1.82) is 0 Å². The van der Waals surface area contributed by atoms with Gasteiger partial charge in [-0.1, -0.05) is 18.7 Å². The van der Waals surface area contributed by atoms with E-state index in [0.717, 1.165) is 29.1 Å². The predicted octanol–water partition coefficient (Wildman–Crippen LogP) is 4.83. The van der Waals surface area contributed by atoms with Crippen LogP contribution in [-0.2, 0) is 16.0 Å². The van der Waals surface area contributed by atoms with Crippen LogP contribution >= 0.6 is 34.4 Å². The minimum atomic E-state index is -0.666. The zero-order valence-corrected chi connectivity index (χ0v) is 23.0. The number of primary amides is 1. The summed E-state index contributed by atoms with van der Waals surface area (Å²) in [7, 11) is 0. The maximum atomic E-state index is 12.8. The Labute approximate surface area is 216 Å². The molecule has 0 aliphatic heterocycles. The van der Waals surface area contributed by atoms with Gasteiger partial charge in [-0.05, 0) is 52.2 Å². The van der Waals surface area contributed by atoms with Crippen LogP contribution in [0.2, 0.25) is 0 Å². The van der Waals surface area contributed by atoms with Crippen LogP contribution in [0.3, 0.4) is 0 Å². The number of carbonyl (C=O) groups excluding carboxylic acids is 3. The van der Waals surface area contributed by atoms with Gasteiger partial charge < -0.3 is 15.8 Å². The van der Waals surface area contributed by atoms with Crippen molar-refractivity contribution in [2.24, 2.45) is 5.73 Å². The Morgan fingerprint density at radius 3 is 2.54 bits per heavy atom. The second kappa shape index (κ2) is 11.4. The van der Waals surface area contributed by atoms with E-state index in [4.69, 9.17) is 10.5 Å². The SMILES string of the molecule is CCOC(=O)c1c(NC(=O)CSc2nnc(-c3csc(C)c3CC)n2C(C)C)sc(C(N)=O)c1C. The smallest absolute Gasteiger partial charge is 0.341 e. The molecule has 0 saturated heterocycles. The van der Waals surface area contributed by atoms with Crippen LogP contribution in [0.1, 0.15) is 69.8 Å². The number of esters is 1. The molecule has 188 valence electrons. The average molecular weight is 536 g/mol. The summed E-state index contributed by atoms with van der Waals surface area (Å²) in [5.74, 6) is -0.800. The molecule has 2 amide bonds. The molecule has 35 heavy (non-hydrogen) atoms. The van der Waals surface area contributed by atoms with Gasteiger partial charge in [0.2, 0.25) is 5.91 Å². The predicted molar refractivity (Wildman–Crippen MR) is 141 cm³/mol. The second-order valence-electron chi connectivity index (χ2n) is 7.99. The topological polar surface area (TPSA) is 129 Å². The van der Waals surface area contributed by atoms with E-state index in [2.05, 4.69) is 34.7 Å². The molecule has 0 bridgehead atoms. The number of hydrogen-bond acceptors (Lipinski definition) is 9. The fraction of sp³-hybridized carbons (Fsp3) is 0.435. The van der Waals surface area contributed by atoms with Gasteiger partial charge in [0.05, 0.1) is 22.8 Å². The van der Waals surface area contributed by atoms with E-state index in [1.807, 2.05) is 18.4 Å². The molecule has 0 aliphatic carbocycles. The number of nitrogens with two attached hydrogens (primary N) is 1. The summed E-state index contributed by atoms with van der Waals surface area (Å²) in [6.45, 7) is 11.8. The van der Waals surface area contributed by atoms with Gasteiger partial charge in [0.25, 0.3) is 5.91 Å². The van der Waals surface area contributed by atoms with Crippen LogP contribution in [0.5, 0.6) is 0 Å². The van der Waals surface area contributed by atoms with Crippen LogP contribution in [-0.4, -0.2) is 44.9 Å². The van der Waals surface area contributed by atoms with Crippen LogP contribution < -0.4 is 11.1 Å². The highest BCUT2D eigenvalue weighted by atomic mass is 32.2. The van der Waals surface area contributed by atoms with E-state index in [0.29, 0.717) is 10.7 Å². The number of thiophene rings is 2. The van der Waals surface area contributed by atoms with Crippen LogP contribution in [0.4, 0.5) is 5.00 Å². The Hall–Kier alpha value is -2.70. The molecule has 9 nitrogen and oxygen atoms in total. The number of hydrogen-bond donors (Lipinski definition) is 2. The number of amides is 2. The number of anilines is 1. The van der Waals surface area contributed by atoms with E-state index in [-0.39, 0.29) is 39.8 Å². The Morgan fingerprint density at radius 1 is 1.23 bits per heavy atom. The van der Waals surface area contributed by atoms with Crippen molar-refractivity contribution in [3.63, 3.8) is 0 Å². The lowest BCUT2D eigenvalue weighted by atomic mass is 10.1. The number of rotatable bonds is 10. The summed E-state index contributed by atoms with van der Waals surface area (Å²) in [6.07, 6.45) is 0.900. The fourth-order valence-electron chi connectivity index (χ4n) is 3.71. The van der Waals surface area contributed by atoms with E-state index >= 15 is 0 Å². The number of ether oxygens (including phenoxy) is 1. The normalized spacial score (nSPS) is 11.2. The molecule has 0 radical (unpaired) electrons. The lowest BCUT2D eigenvalue weighted by molar-refractivity contribution is -0.113. The van der Waals surface area contributed by atoms with E-state index in [1.54, 1.807) is 25.2 Å². The highest BCUT2D eigenvalue weighted by Gasteiger charge is 2.26. The Kier molecular flexibility index (Phi) is 8.73. The maximum absolute atomic E-state index is 12.8. The third-order valence-corrected chi connectivity index (χ3v) is 8.43. The van der Waals surface area contributed by atoms with Gasteiger partial charge in [0.1, 0.15) is 5.00 Å². The maximum Gasteiger partial charge on any atom is 0.341 e. The van der Waals surface area contributed by atoms with Crippen molar-refractivity contribution in [3.05, 3.63) is 31.8 Å². The number of carbonyl (C=O) groups is 3. The molecule has 0 saturated carbocycles. The Bertz CT molecular complexity index is 1260. The van der Waals surface area contributed by atoms with Crippen molar-refractivity contribution in [2.45, 2.75) is 59.2 Å². The number of aryl methyl sites for hydroxylation is 1. The zero-order chi connectivity index (χ0) is 25.9. The molecule has 0 spiro atoms. The summed E-state index contributed by atoms with van der Waals surface area (Å²) in [5.41, 5.74) is 8.31. The molecule has 3 N–H and O–H groups in total. The molecule has 0 fully saturated rings. The first kappa shape index (κ1) is 26.9. The molecule has 0 aromatic carbocycles. The number of thioether (sulfide) groups is 1. The third kappa shape index (κ3) is 5.60. The van der Waals surface area contributed by atoms with Crippen LogP contribution in [0.25, 0.3) is 11.4 Å². The second-order valence-corrected chi connectivity index (χ2v) is 11.0. The number of aromatic nitrogens is 3. The molecule has 3 aromatic heterocycles. The summed E-state index contributed by atoms with van der Waals surface area (Å²) < 4.78 is 7.13. The standard InChI is InChI=1S/C23H29N5O4S3/c1-7-14-13(6)33-9-15(14)20-26-27-23(28(20)11(3)4)34-10-16(29)25-21-17(22(31)32-8-2)12(5)18(35-21)19(24)30/h9,11H,7-8,10H2,1-6H3,(H2,24,30)(H,25,29). The molecule has 3 aromatic rings. The lowest BCUT2D eigenvalue weighted by Crippen LogP contribution is -2.17. The largest absolute Gasteiger partial charge is 0.462 e. The zero-order valence-electron chi connectivity index (χ0n) is 20.6. The number of nitrogens with zero attached hydrogens (tertiary/aromatic N) is 3. The highest BCUT2D eigenvalue weighted by molar-refractivity contribution is 7.99. The minimum Gasteiger partial charge on any atom is -0.462 e. The molecule has 0 unspecified atom stereocenters. The quantitative estimate of drug-likeness (QED) is 0.281. The van der Waals surface area contributed by atoms with Crippen molar-refractivity contribution >= 4 is 57.2 Å². The summed E-state index contributed by atoms with van der Waals surface area (Å²) >= 11 is 3.91. The Morgan fingerprint density at radius 2 is 1.94 bits per heavy atom. The van der Waals surface area contributed by atoms with Gasteiger partial charge in [-0.2, -0.15) is 0 Å². The first-order valence-corrected chi connectivity index (χ1v) is 13.8. The minimum absolute atomic E-state index is 0.0409. The van der Waals surface area contributed by atoms with Gasteiger partial charge in [-0.25, -0.2) is 4.79 Å². The van der Waals surface area contributed by atoms with Crippen molar-refractivity contribution in [1.82, 2.24) is 14.8 Å². The molecule has 0 atom stereocenters.